The summed E-state index contributed by atoms with van der Waals surface area (Å²) in [6.45, 7) is -0.263. The summed E-state index contributed by atoms with van der Waals surface area (Å²) in [7, 11) is -3.03. The molecule has 0 radical (unpaired) electrons. The van der Waals surface area contributed by atoms with Crippen LogP contribution in [0.2, 0.25) is 0 Å². The van der Waals surface area contributed by atoms with Crippen LogP contribution in [0.4, 0.5) is 5.82 Å². The highest BCUT2D eigenvalue weighted by Crippen LogP contribution is 2.41. The van der Waals surface area contributed by atoms with Crippen molar-refractivity contribution in [3.05, 3.63) is 84.3 Å². The highest BCUT2D eigenvalue weighted by atomic mass is 32.2. The van der Waals surface area contributed by atoms with Gasteiger partial charge >= 0.3 is 7.82 Å². The van der Waals surface area contributed by atoms with E-state index in [0.29, 0.717) is 23.6 Å². The first-order chi connectivity index (χ1) is 15.9. The Balaban J connectivity index is 1.44. The number of anilines is 1. The molecule has 9 nitrogen and oxygen atoms in total. The van der Waals surface area contributed by atoms with Crippen molar-refractivity contribution < 1.29 is 27.6 Å². The minimum Gasteiger partial charge on any atom is -0.356 e. The number of rotatable bonds is 9. The Bertz CT molecular complexity index is 1270. The monoisotopic (exact) mass is 485 g/mol. The largest absolute Gasteiger partial charge is 0.475 e. The molecular formula is C22H22N4O5PS+. The molecule has 1 unspecified atom stereocenters. The van der Waals surface area contributed by atoms with Gasteiger partial charge in [0.2, 0.25) is 6.73 Å². The molecule has 0 amide bonds. The zero-order chi connectivity index (χ0) is 23.3. The van der Waals surface area contributed by atoms with Gasteiger partial charge in [0.05, 0.1) is 11.9 Å². The quantitative estimate of drug-likeness (QED) is 0.267. The number of phosphoric ester groups is 1. The van der Waals surface area contributed by atoms with Crippen molar-refractivity contribution in [2.24, 2.45) is 0 Å². The van der Waals surface area contributed by atoms with Crippen molar-refractivity contribution in [3.8, 4) is 11.3 Å². The number of benzene rings is 1. The van der Waals surface area contributed by atoms with E-state index < -0.39 is 7.82 Å². The van der Waals surface area contributed by atoms with Crippen LogP contribution < -0.4 is 10.3 Å². The van der Waals surface area contributed by atoms with Gasteiger partial charge in [-0.25, -0.2) is 18.6 Å². The number of nitrogens with two attached hydrogens (primary N) is 1. The second-order valence-corrected chi connectivity index (χ2v) is 9.62. The van der Waals surface area contributed by atoms with Gasteiger partial charge in [0.25, 0.3) is 5.82 Å². The van der Waals surface area contributed by atoms with Crippen molar-refractivity contribution in [1.29, 1.82) is 0 Å². The van der Waals surface area contributed by atoms with Gasteiger partial charge in [0.15, 0.2) is 5.76 Å². The molecule has 11 heteroatoms. The molecule has 170 valence electrons. The summed E-state index contributed by atoms with van der Waals surface area (Å²) in [5.41, 5.74) is 8.50. The normalized spacial score (nSPS) is 13.0. The highest BCUT2D eigenvalue weighted by molar-refractivity contribution is 7.99. The maximum Gasteiger partial charge on any atom is 0.475 e. The van der Waals surface area contributed by atoms with Gasteiger partial charge in [-0.2, -0.15) is 0 Å². The van der Waals surface area contributed by atoms with Crippen LogP contribution in [0, 0.1) is 0 Å². The van der Waals surface area contributed by atoms with Crippen LogP contribution in [-0.4, -0.2) is 22.1 Å². The number of nitrogen functional groups attached to an aromatic ring is 1. The van der Waals surface area contributed by atoms with E-state index >= 15 is 0 Å². The summed E-state index contributed by atoms with van der Waals surface area (Å²) in [6.07, 6.45) is 3.99. The number of phosphoric acid groups is 1. The second-order valence-electron chi connectivity index (χ2n) is 6.97. The molecule has 0 bridgehead atoms. The predicted molar refractivity (Wildman–Crippen MR) is 122 cm³/mol. The van der Waals surface area contributed by atoms with Crippen LogP contribution >= 0.6 is 19.6 Å². The lowest BCUT2D eigenvalue weighted by Gasteiger charge is -2.09. The van der Waals surface area contributed by atoms with Crippen LogP contribution in [0.5, 0.6) is 0 Å². The van der Waals surface area contributed by atoms with Crippen molar-refractivity contribution in [2.45, 2.75) is 23.1 Å². The van der Waals surface area contributed by atoms with E-state index in [1.54, 1.807) is 36.2 Å². The molecule has 0 fully saturated rings. The first kappa shape index (κ1) is 23.2. The molecule has 0 saturated heterocycles. The molecule has 0 spiro atoms. The van der Waals surface area contributed by atoms with E-state index in [1.807, 2.05) is 48.7 Å². The van der Waals surface area contributed by atoms with Gasteiger partial charge < -0.3 is 9.42 Å². The van der Waals surface area contributed by atoms with Gasteiger partial charge in [-0.15, -0.1) is 0 Å². The Morgan fingerprint density at radius 1 is 1.18 bits per heavy atom. The summed E-state index contributed by atoms with van der Waals surface area (Å²) in [4.78, 5) is 15.1. The second kappa shape index (κ2) is 10.3. The van der Waals surface area contributed by atoms with Gasteiger partial charge in [0.1, 0.15) is 10.6 Å². The lowest BCUT2D eigenvalue weighted by atomic mass is 10.1. The fourth-order valence-corrected chi connectivity index (χ4v) is 4.14. The average Bonchev–Trinajstić information content (AvgIpc) is 3.28. The summed E-state index contributed by atoms with van der Waals surface area (Å²) in [5.74, 6) is 0.764. The SMILES string of the molecule is COP(=O)(O)OC[n+]1cccc(-c2cc(Cc3ccc(Sc4ccccc4)nc3)no2)c1N. The Hall–Kier alpha value is -3.01. The number of pyridine rings is 2. The summed E-state index contributed by atoms with van der Waals surface area (Å²) < 4.78 is 27.8. The maximum atomic E-state index is 11.5. The molecule has 0 aliphatic rings. The van der Waals surface area contributed by atoms with E-state index in [9.17, 15) is 9.46 Å². The zero-order valence-electron chi connectivity index (χ0n) is 17.7. The number of aromatic nitrogens is 3. The van der Waals surface area contributed by atoms with Crippen LogP contribution in [0.3, 0.4) is 0 Å². The third-order valence-electron chi connectivity index (χ3n) is 4.68. The molecule has 4 aromatic rings. The average molecular weight is 485 g/mol. The Kier molecular flexibility index (Phi) is 7.22. The van der Waals surface area contributed by atoms with Crippen molar-refractivity contribution in [1.82, 2.24) is 10.1 Å². The van der Waals surface area contributed by atoms with Crippen LogP contribution in [0.1, 0.15) is 11.3 Å². The third-order valence-corrected chi connectivity index (χ3v) is 6.54. The van der Waals surface area contributed by atoms with Crippen LogP contribution in [0.25, 0.3) is 11.3 Å². The Morgan fingerprint density at radius 3 is 2.73 bits per heavy atom. The minimum atomic E-state index is -4.12. The topological polar surface area (TPSA) is 125 Å². The van der Waals surface area contributed by atoms with Crippen molar-refractivity contribution >= 4 is 25.4 Å². The summed E-state index contributed by atoms with van der Waals surface area (Å²) in [5, 5.41) is 5.05. The highest BCUT2D eigenvalue weighted by Gasteiger charge is 2.22. The van der Waals surface area contributed by atoms with Crippen LogP contribution in [0.15, 0.2) is 87.5 Å². The molecule has 0 aliphatic heterocycles. The lowest BCUT2D eigenvalue weighted by molar-refractivity contribution is -0.711. The molecular weight excluding hydrogens is 463 g/mol. The van der Waals surface area contributed by atoms with Gasteiger partial charge in [-0.1, -0.05) is 41.2 Å². The van der Waals surface area contributed by atoms with E-state index in [2.05, 4.69) is 14.7 Å². The number of hydrogen-bond donors (Lipinski definition) is 2. The Morgan fingerprint density at radius 2 is 2.00 bits per heavy atom. The minimum absolute atomic E-state index is 0.263. The van der Waals surface area contributed by atoms with Crippen molar-refractivity contribution in [2.75, 3.05) is 12.8 Å². The molecule has 0 saturated carbocycles. The van der Waals surface area contributed by atoms with Crippen LogP contribution in [-0.2, 0) is 26.8 Å². The van der Waals surface area contributed by atoms with E-state index in [-0.39, 0.29) is 6.73 Å². The van der Waals surface area contributed by atoms with E-state index in [1.165, 1.54) is 4.57 Å². The molecule has 3 aromatic heterocycles. The molecule has 1 atom stereocenters. The smallest absolute Gasteiger partial charge is 0.356 e. The molecule has 1 aromatic carbocycles. The molecule has 33 heavy (non-hydrogen) atoms. The number of hydrogen-bond acceptors (Lipinski definition) is 8. The fourth-order valence-electron chi connectivity index (χ4n) is 2.99. The molecule has 4 rings (SSSR count). The molecule has 3 heterocycles. The first-order valence-corrected chi connectivity index (χ1v) is 12.2. The molecule has 3 N–H and O–H groups in total. The maximum absolute atomic E-state index is 11.5. The fraction of sp³-hybridized carbons (Fsp3) is 0.136. The van der Waals surface area contributed by atoms with E-state index in [0.717, 1.165) is 28.3 Å². The van der Waals surface area contributed by atoms with Gasteiger partial charge in [0, 0.05) is 30.7 Å². The van der Waals surface area contributed by atoms with Crippen molar-refractivity contribution in [3.63, 3.8) is 0 Å². The van der Waals surface area contributed by atoms with Gasteiger partial charge in [-0.05, 0) is 35.9 Å². The summed E-state index contributed by atoms with van der Waals surface area (Å²) in [6, 6.07) is 19.3. The first-order valence-electron chi connectivity index (χ1n) is 9.88. The predicted octanol–water partition coefficient (Wildman–Crippen LogP) is 4.07. The third kappa shape index (κ3) is 6.07. The lowest BCUT2D eigenvalue weighted by Crippen LogP contribution is -2.38. The van der Waals surface area contributed by atoms with E-state index in [4.69, 9.17) is 14.8 Å². The number of nitrogens with zero attached hydrogens (tertiary/aromatic N) is 3. The van der Waals surface area contributed by atoms with Gasteiger partial charge in [-0.3, -0.25) is 10.3 Å². The Labute approximate surface area is 194 Å². The zero-order valence-corrected chi connectivity index (χ0v) is 19.4. The standard InChI is InChI=1S/C22H21N4O5PS/c1-29-32(27,28)30-15-26-11-5-8-19(22(26)23)20-13-17(25-31-20)12-16-9-10-21(24-14-16)33-18-6-3-2-4-7-18/h2-11,13-14,23H,12,15H2,1H3,(H,27,28)/p+1. The summed E-state index contributed by atoms with van der Waals surface area (Å²) >= 11 is 1.60. The molecule has 0 aliphatic carbocycles.